The van der Waals surface area contributed by atoms with Crippen LogP contribution in [-0.2, 0) is 24.2 Å². The Hall–Kier alpha value is -4.04. The van der Waals surface area contributed by atoms with Gasteiger partial charge in [-0.1, -0.05) is 62.4 Å². The molecule has 1 aliphatic rings. The second-order valence-corrected chi connectivity index (χ2v) is 10.1. The van der Waals surface area contributed by atoms with E-state index in [1.807, 2.05) is 32.0 Å². The number of aromatic nitrogens is 3. The fourth-order valence-electron chi connectivity index (χ4n) is 5.24. The highest BCUT2D eigenvalue weighted by Crippen LogP contribution is 2.32. The summed E-state index contributed by atoms with van der Waals surface area (Å²) in [5.41, 5.74) is 1.89. The predicted octanol–water partition coefficient (Wildman–Crippen LogP) is 4.78. The Morgan fingerprint density at radius 2 is 1.74 bits per heavy atom. The molecular formula is C30H28ClFN4O3. The summed E-state index contributed by atoms with van der Waals surface area (Å²) in [6, 6.07) is 13.5. The van der Waals surface area contributed by atoms with Crippen molar-refractivity contribution in [2.24, 2.45) is 5.92 Å². The summed E-state index contributed by atoms with van der Waals surface area (Å²) in [5.74, 6) is -0.719. The second kappa shape index (κ2) is 10.6. The first kappa shape index (κ1) is 26.6. The van der Waals surface area contributed by atoms with E-state index >= 15 is 0 Å². The maximum absolute atomic E-state index is 14.8. The molecule has 2 aromatic heterocycles. The fourth-order valence-corrected chi connectivity index (χ4v) is 5.48. The molecule has 7 nitrogen and oxygen atoms in total. The van der Waals surface area contributed by atoms with Gasteiger partial charge in [-0.25, -0.2) is 9.37 Å². The van der Waals surface area contributed by atoms with Gasteiger partial charge >= 0.3 is 11.1 Å². The fraction of sp³-hybridized carbons (Fsp3) is 0.267. The third-order valence-corrected chi connectivity index (χ3v) is 7.56. The van der Waals surface area contributed by atoms with Gasteiger partial charge in [-0.3, -0.25) is 19.0 Å². The lowest BCUT2D eigenvalue weighted by Crippen LogP contribution is -2.52. The molecule has 3 heterocycles. The number of para-hydroxylation sites is 1. The third-order valence-electron chi connectivity index (χ3n) is 7.27. The molecule has 0 radical (unpaired) electrons. The summed E-state index contributed by atoms with van der Waals surface area (Å²) in [5, 5.41) is 0.155. The van der Waals surface area contributed by atoms with Crippen molar-refractivity contribution in [2.75, 3.05) is 13.1 Å². The summed E-state index contributed by atoms with van der Waals surface area (Å²) in [6.07, 6.45) is 2.51. The third kappa shape index (κ3) is 4.59. The molecule has 1 amide bonds. The zero-order valence-corrected chi connectivity index (χ0v) is 22.5. The monoisotopic (exact) mass is 546 g/mol. The van der Waals surface area contributed by atoms with Gasteiger partial charge in [0.2, 0.25) is 5.91 Å². The number of hydrogen-bond donors (Lipinski definition) is 0. The Balaban J connectivity index is 1.80. The number of rotatable bonds is 7. The Morgan fingerprint density at radius 1 is 1.08 bits per heavy atom. The average Bonchev–Trinajstić information content (AvgIpc) is 2.92. The molecule has 0 bridgehead atoms. The van der Waals surface area contributed by atoms with Crippen LogP contribution < -0.4 is 11.1 Å². The standard InChI is InChI=1S/C30H28ClFN4O3/c1-4-19-10-9-11-20(5-2)27(19)36-28-24(14-22(31)26(33-28)21-12-7-8-13-23(21)32)35(29(38)30(36)39)17-18-15-34(16-18)25(37)6-3/h6-14,18H,3-5,15-17H2,1-2H3. The summed E-state index contributed by atoms with van der Waals surface area (Å²) in [6.45, 7) is 8.56. The van der Waals surface area contributed by atoms with Crippen LogP contribution in [-0.4, -0.2) is 38.0 Å². The van der Waals surface area contributed by atoms with E-state index in [1.54, 1.807) is 29.2 Å². The number of hydrogen-bond acceptors (Lipinski definition) is 4. The molecule has 0 saturated carbocycles. The van der Waals surface area contributed by atoms with E-state index in [-0.39, 0.29) is 40.3 Å². The van der Waals surface area contributed by atoms with Gasteiger partial charge in [0, 0.05) is 31.1 Å². The molecular weight excluding hydrogens is 519 g/mol. The van der Waals surface area contributed by atoms with E-state index in [0.29, 0.717) is 37.1 Å². The van der Waals surface area contributed by atoms with Crippen LogP contribution in [0.4, 0.5) is 4.39 Å². The van der Waals surface area contributed by atoms with Gasteiger partial charge in [0.05, 0.1) is 21.9 Å². The SMILES string of the molecule is C=CC(=O)N1CC(Cn2c(=O)c(=O)n(-c3c(CC)cccc3CC)c3nc(-c4ccccc4F)c(Cl)cc32)C1. The van der Waals surface area contributed by atoms with Crippen molar-refractivity contribution in [3.63, 3.8) is 0 Å². The number of pyridine rings is 1. The van der Waals surface area contributed by atoms with Gasteiger partial charge in [0.15, 0.2) is 5.65 Å². The average molecular weight is 547 g/mol. The van der Waals surface area contributed by atoms with E-state index in [9.17, 15) is 18.8 Å². The molecule has 9 heteroatoms. The Bertz CT molecular complexity index is 1710. The number of likely N-dealkylation sites (tertiary alicyclic amines) is 1. The molecule has 2 aromatic carbocycles. The van der Waals surface area contributed by atoms with Gasteiger partial charge in [0.25, 0.3) is 0 Å². The van der Waals surface area contributed by atoms with Crippen LogP contribution >= 0.6 is 11.6 Å². The number of halogens is 2. The molecule has 4 aromatic rings. The van der Waals surface area contributed by atoms with E-state index in [4.69, 9.17) is 16.6 Å². The largest absolute Gasteiger partial charge is 0.338 e. The van der Waals surface area contributed by atoms with Crippen molar-refractivity contribution in [2.45, 2.75) is 33.2 Å². The molecule has 0 spiro atoms. The van der Waals surface area contributed by atoms with Crippen molar-refractivity contribution in [1.82, 2.24) is 19.0 Å². The zero-order chi connectivity index (χ0) is 27.8. The summed E-state index contributed by atoms with van der Waals surface area (Å²) >= 11 is 6.66. The molecule has 0 N–H and O–H groups in total. The van der Waals surface area contributed by atoms with Crippen molar-refractivity contribution in [3.8, 4) is 16.9 Å². The minimum atomic E-state index is -0.745. The van der Waals surface area contributed by atoms with E-state index in [2.05, 4.69) is 6.58 Å². The first-order valence-electron chi connectivity index (χ1n) is 12.9. The minimum Gasteiger partial charge on any atom is -0.338 e. The minimum absolute atomic E-state index is 0.0378. The summed E-state index contributed by atoms with van der Waals surface area (Å²) < 4.78 is 17.6. The normalized spacial score (nSPS) is 13.5. The Labute approximate surface area is 229 Å². The Kier molecular flexibility index (Phi) is 7.23. The first-order valence-corrected chi connectivity index (χ1v) is 13.3. The van der Waals surface area contributed by atoms with E-state index in [0.717, 1.165) is 11.1 Å². The topological polar surface area (TPSA) is 77.2 Å². The second-order valence-electron chi connectivity index (χ2n) is 9.64. The van der Waals surface area contributed by atoms with Crippen LogP contribution in [0.1, 0.15) is 25.0 Å². The van der Waals surface area contributed by atoms with E-state index < -0.39 is 16.9 Å². The lowest BCUT2D eigenvalue weighted by molar-refractivity contribution is -0.132. The summed E-state index contributed by atoms with van der Waals surface area (Å²) in [4.78, 5) is 45.8. The molecule has 39 heavy (non-hydrogen) atoms. The van der Waals surface area contributed by atoms with Gasteiger partial charge in [-0.05, 0) is 48.2 Å². The molecule has 200 valence electrons. The number of carbonyl (C=O) groups excluding carboxylic acids is 1. The summed E-state index contributed by atoms with van der Waals surface area (Å²) in [7, 11) is 0. The maximum atomic E-state index is 14.8. The first-order chi connectivity index (χ1) is 18.8. The zero-order valence-electron chi connectivity index (χ0n) is 21.8. The molecule has 0 unspecified atom stereocenters. The predicted molar refractivity (Wildman–Crippen MR) is 151 cm³/mol. The number of benzene rings is 2. The number of fused-ring (bicyclic) bond motifs is 1. The van der Waals surface area contributed by atoms with Crippen LogP contribution in [0.25, 0.3) is 28.1 Å². The lowest BCUT2D eigenvalue weighted by atomic mass is 9.99. The molecule has 0 atom stereocenters. The molecule has 0 aliphatic carbocycles. The van der Waals surface area contributed by atoms with Gasteiger partial charge in [0.1, 0.15) is 5.82 Å². The van der Waals surface area contributed by atoms with Gasteiger partial charge in [-0.15, -0.1) is 0 Å². The smallest absolute Gasteiger partial charge is 0.322 e. The van der Waals surface area contributed by atoms with Crippen LogP contribution in [0.5, 0.6) is 0 Å². The molecule has 1 fully saturated rings. The highest BCUT2D eigenvalue weighted by atomic mass is 35.5. The number of amides is 1. The van der Waals surface area contributed by atoms with Crippen LogP contribution in [0.2, 0.25) is 5.02 Å². The van der Waals surface area contributed by atoms with Gasteiger partial charge < -0.3 is 9.47 Å². The number of carbonyl (C=O) groups is 1. The number of nitrogens with zero attached hydrogens (tertiary/aromatic N) is 4. The molecule has 1 aliphatic heterocycles. The van der Waals surface area contributed by atoms with E-state index in [1.165, 1.54) is 21.3 Å². The van der Waals surface area contributed by atoms with Crippen molar-refractivity contribution in [1.29, 1.82) is 0 Å². The van der Waals surface area contributed by atoms with Gasteiger partial charge in [-0.2, -0.15) is 0 Å². The van der Waals surface area contributed by atoms with Crippen LogP contribution in [0.3, 0.4) is 0 Å². The van der Waals surface area contributed by atoms with Crippen molar-refractivity contribution >= 4 is 28.7 Å². The quantitative estimate of drug-likeness (QED) is 0.247. The Morgan fingerprint density at radius 3 is 2.36 bits per heavy atom. The van der Waals surface area contributed by atoms with Crippen molar-refractivity contribution < 1.29 is 9.18 Å². The van der Waals surface area contributed by atoms with Crippen molar-refractivity contribution in [3.05, 3.63) is 104 Å². The molecule has 5 rings (SSSR count). The molecule has 1 saturated heterocycles. The highest BCUT2D eigenvalue weighted by molar-refractivity contribution is 6.33. The highest BCUT2D eigenvalue weighted by Gasteiger charge is 2.31. The lowest BCUT2D eigenvalue weighted by Gasteiger charge is -2.39. The number of aryl methyl sites for hydroxylation is 2. The maximum Gasteiger partial charge on any atom is 0.322 e. The van der Waals surface area contributed by atoms with Crippen LogP contribution in [0.15, 0.2) is 70.8 Å². The van der Waals surface area contributed by atoms with Crippen LogP contribution in [0, 0.1) is 11.7 Å².